The van der Waals surface area contributed by atoms with E-state index in [2.05, 4.69) is 0 Å². The number of carbonyl (C=O) groups excluding carboxylic acids is 1. The third-order valence-electron chi connectivity index (χ3n) is 4.98. The monoisotopic (exact) mass is 363 g/mol. The minimum atomic E-state index is -0.215. The van der Waals surface area contributed by atoms with Gasteiger partial charge in [-0.1, -0.05) is 30.3 Å². The molecule has 4 rings (SSSR count). The van der Waals surface area contributed by atoms with Gasteiger partial charge in [-0.25, -0.2) is 0 Å². The van der Waals surface area contributed by atoms with Crippen molar-refractivity contribution < 1.29 is 18.7 Å². The van der Waals surface area contributed by atoms with E-state index in [-0.39, 0.29) is 11.9 Å². The summed E-state index contributed by atoms with van der Waals surface area (Å²) in [5.74, 6) is 1.59. The zero-order valence-electron chi connectivity index (χ0n) is 15.3. The van der Waals surface area contributed by atoms with Gasteiger partial charge in [0.05, 0.1) is 26.5 Å². The summed E-state index contributed by atoms with van der Waals surface area (Å²) in [4.78, 5) is 15.0. The van der Waals surface area contributed by atoms with Crippen LogP contribution in [0.15, 0.2) is 65.3 Å². The van der Waals surface area contributed by atoms with Gasteiger partial charge >= 0.3 is 0 Å². The zero-order valence-corrected chi connectivity index (χ0v) is 15.3. The van der Waals surface area contributed by atoms with Crippen molar-refractivity contribution in [1.29, 1.82) is 0 Å². The average molecular weight is 363 g/mol. The minimum Gasteiger partial charge on any atom is -0.493 e. The molecule has 0 unspecified atom stereocenters. The maximum atomic E-state index is 13.1. The number of carbonyl (C=O) groups is 1. The van der Waals surface area contributed by atoms with Gasteiger partial charge in [-0.15, -0.1) is 0 Å². The van der Waals surface area contributed by atoms with Crippen molar-refractivity contribution in [3.05, 3.63) is 83.3 Å². The first-order valence-corrected chi connectivity index (χ1v) is 8.87. The highest BCUT2D eigenvalue weighted by Crippen LogP contribution is 2.41. The standard InChI is InChI=1S/C22H21NO4/c1-25-19-13-16-10-11-23(22(24)18-9-6-12-27-18)21(15-7-4-3-5-8-15)17(16)14-20(19)26-2/h3-9,12-14,21H,10-11H2,1-2H3/t21-/m0/s1. The Morgan fingerprint density at radius 2 is 1.78 bits per heavy atom. The number of hydrogen-bond donors (Lipinski definition) is 0. The fraction of sp³-hybridized carbons (Fsp3) is 0.227. The molecule has 1 aliphatic heterocycles. The summed E-state index contributed by atoms with van der Waals surface area (Å²) in [6.45, 7) is 0.599. The van der Waals surface area contributed by atoms with Crippen LogP contribution in [0.2, 0.25) is 0 Å². The van der Waals surface area contributed by atoms with Gasteiger partial charge in [0.15, 0.2) is 17.3 Å². The smallest absolute Gasteiger partial charge is 0.290 e. The van der Waals surface area contributed by atoms with E-state index in [4.69, 9.17) is 13.9 Å². The van der Waals surface area contributed by atoms with Crippen molar-refractivity contribution in [2.75, 3.05) is 20.8 Å². The van der Waals surface area contributed by atoms with Crippen molar-refractivity contribution in [2.24, 2.45) is 0 Å². The first-order valence-electron chi connectivity index (χ1n) is 8.87. The van der Waals surface area contributed by atoms with E-state index in [1.165, 1.54) is 6.26 Å². The van der Waals surface area contributed by atoms with Crippen LogP contribution in [-0.4, -0.2) is 31.6 Å². The van der Waals surface area contributed by atoms with Crippen LogP contribution in [0.25, 0.3) is 0 Å². The first-order chi connectivity index (χ1) is 13.2. The number of rotatable bonds is 4. The van der Waals surface area contributed by atoms with Crippen LogP contribution in [-0.2, 0) is 6.42 Å². The van der Waals surface area contributed by atoms with E-state index in [1.807, 2.05) is 47.4 Å². The first kappa shape index (κ1) is 17.2. The van der Waals surface area contributed by atoms with Gasteiger partial charge in [0.25, 0.3) is 5.91 Å². The summed E-state index contributed by atoms with van der Waals surface area (Å²) in [6, 6.07) is 17.2. The van der Waals surface area contributed by atoms with Crippen LogP contribution in [0.4, 0.5) is 0 Å². The number of furan rings is 1. The lowest BCUT2D eigenvalue weighted by molar-refractivity contribution is 0.0661. The largest absolute Gasteiger partial charge is 0.493 e. The van der Waals surface area contributed by atoms with Gasteiger partial charge in [-0.2, -0.15) is 0 Å². The van der Waals surface area contributed by atoms with Crippen molar-refractivity contribution in [3.63, 3.8) is 0 Å². The minimum absolute atomic E-state index is 0.116. The van der Waals surface area contributed by atoms with Crippen molar-refractivity contribution >= 4 is 5.91 Å². The lowest BCUT2D eigenvalue weighted by Gasteiger charge is -2.37. The fourth-order valence-corrected chi connectivity index (χ4v) is 3.70. The van der Waals surface area contributed by atoms with E-state index in [0.717, 1.165) is 23.1 Å². The summed E-state index contributed by atoms with van der Waals surface area (Å²) < 4.78 is 16.3. The molecule has 0 spiro atoms. The van der Waals surface area contributed by atoms with E-state index in [9.17, 15) is 4.79 Å². The quantitative estimate of drug-likeness (QED) is 0.701. The topological polar surface area (TPSA) is 51.9 Å². The Hall–Kier alpha value is -3.21. The van der Waals surface area contributed by atoms with Crippen LogP contribution in [0.5, 0.6) is 11.5 Å². The molecule has 27 heavy (non-hydrogen) atoms. The number of methoxy groups -OCH3 is 2. The number of amides is 1. The molecule has 0 bridgehead atoms. The van der Waals surface area contributed by atoms with Crippen molar-refractivity contribution in [3.8, 4) is 11.5 Å². The molecule has 5 heteroatoms. The molecule has 0 saturated heterocycles. The van der Waals surface area contributed by atoms with E-state index in [1.54, 1.807) is 26.4 Å². The van der Waals surface area contributed by atoms with Gasteiger partial charge in [0, 0.05) is 6.54 Å². The highest BCUT2D eigenvalue weighted by Gasteiger charge is 2.34. The Morgan fingerprint density at radius 1 is 1.04 bits per heavy atom. The fourth-order valence-electron chi connectivity index (χ4n) is 3.70. The molecule has 1 aliphatic rings. The number of fused-ring (bicyclic) bond motifs is 1. The van der Waals surface area contributed by atoms with Crippen molar-refractivity contribution in [2.45, 2.75) is 12.5 Å². The molecule has 3 aromatic rings. The molecule has 2 heterocycles. The lowest BCUT2D eigenvalue weighted by Crippen LogP contribution is -2.40. The summed E-state index contributed by atoms with van der Waals surface area (Å²) >= 11 is 0. The van der Waals surface area contributed by atoms with Crippen LogP contribution in [0, 0.1) is 0 Å². The van der Waals surface area contributed by atoms with Crippen LogP contribution < -0.4 is 9.47 Å². The maximum Gasteiger partial charge on any atom is 0.290 e. The lowest BCUT2D eigenvalue weighted by atomic mass is 9.87. The zero-order chi connectivity index (χ0) is 18.8. The molecule has 0 radical (unpaired) electrons. The molecule has 0 saturated carbocycles. The van der Waals surface area contributed by atoms with Gasteiger partial charge in [-0.05, 0) is 47.4 Å². The molecule has 1 aromatic heterocycles. The molecule has 138 valence electrons. The number of ether oxygens (including phenoxy) is 2. The van der Waals surface area contributed by atoms with E-state index in [0.29, 0.717) is 23.8 Å². The number of nitrogens with zero attached hydrogens (tertiary/aromatic N) is 1. The third kappa shape index (κ3) is 3.05. The molecule has 0 N–H and O–H groups in total. The molecule has 1 amide bonds. The normalized spacial score (nSPS) is 15.9. The van der Waals surface area contributed by atoms with Gasteiger partial charge in [0.2, 0.25) is 0 Å². The Balaban J connectivity index is 1.85. The summed E-state index contributed by atoms with van der Waals surface area (Å²) in [7, 11) is 3.25. The Morgan fingerprint density at radius 3 is 2.44 bits per heavy atom. The predicted octanol–water partition coefficient (Wildman–Crippen LogP) is 4.08. The SMILES string of the molecule is COc1cc2c(cc1OC)[C@H](c1ccccc1)N(C(=O)c1ccco1)CC2. The van der Waals surface area contributed by atoms with E-state index < -0.39 is 0 Å². The van der Waals surface area contributed by atoms with Crippen LogP contribution in [0.1, 0.15) is 33.3 Å². The average Bonchev–Trinajstić information content (AvgIpc) is 3.26. The number of benzene rings is 2. The molecule has 0 fully saturated rings. The van der Waals surface area contributed by atoms with Crippen molar-refractivity contribution in [1.82, 2.24) is 4.90 Å². The maximum absolute atomic E-state index is 13.1. The molecule has 0 aliphatic carbocycles. The molecular formula is C22H21NO4. The Kier molecular flexibility index (Phi) is 4.59. The second-order valence-corrected chi connectivity index (χ2v) is 6.45. The molecule has 2 aromatic carbocycles. The summed E-state index contributed by atoms with van der Waals surface area (Å²) in [5, 5.41) is 0. The molecular weight excluding hydrogens is 342 g/mol. The molecule has 5 nitrogen and oxygen atoms in total. The van der Waals surface area contributed by atoms with Crippen LogP contribution in [0.3, 0.4) is 0 Å². The second-order valence-electron chi connectivity index (χ2n) is 6.45. The summed E-state index contributed by atoms with van der Waals surface area (Å²) in [6.07, 6.45) is 2.27. The highest BCUT2D eigenvalue weighted by molar-refractivity contribution is 5.92. The van der Waals surface area contributed by atoms with Crippen LogP contribution >= 0.6 is 0 Å². The third-order valence-corrected chi connectivity index (χ3v) is 4.98. The number of hydrogen-bond acceptors (Lipinski definition) is 4. The summed E-state index contributed by atoms with van der Waals surface area (Å²) in [5.41, 5.74) is 3.25. The highest BCUT2D eigenvalue weighted by atomic mass is 16.5. The van der Waals surface area contributed by atoms with Gasteiger partial charge in [0.1, 0.15) is 0 Å². The van der Waals surface area contributed by atoms with Gasteiger partial charge in [-0.3, -0.25) is 4.79 Å². The predicted molar refractivity (Wildman–Crippen MR) is 101 cm³/mol. The Bertz CT molecular complexity index is 934. The molecule has 1 atom stereocenters. The second kappa shape index (κ2) is 7.19. The Labute approximate surface area is 158 Å². The van der Waals surface area contributed by atoms with E-state index >= 15 is 0 Å². The van der Waals surface area contributed by atoms with Gasteiger partial charge < -0.3 is 18.8 Å².